The molecule has 116 valence electrons. The highest BCUT2D eigenvalue weighted by Gasteiger charge is 2.34. The molecule has 0 radical (unpaired) electrons. The SMILES string of the molecule is C[C@@H]1CN(c2ccc(C(F)(F)F)nc2)C[C@H](C)N1C(=O)O. The minimum Gasteiger partial charge on any atom is -0.465 e. The molecule has 0 unspecified atom stereocenters. The Labute approximate surface area is 120 Å². The molecule has 0 aromatic carbocycles. The molecule has 1 aromatic heterocycles. The molecule has 0 saturated carbocycles. The first kappa shape index (κ1) is 15.4. The fraction of sp³-hybridized carbons (Fsp3) is 0.538. The summed E-state index contributed by atoms with van der Waals surface area (Å²) < 4.78 is 37.4. The standard InChI is InChI=1S/C13H16F3N3O2/c1-8-6-18(7-9(2)19(8)12(20)21)10-3-4-11(17-5-10)13(14,15)16/h3-5,8-9H,6-7H2,1-2H3,(H,20,21)/t8-,9+. The molecule has 2 rings (SSSR count). The van der Waals surface area contributed by atoms with Crippen molar-refractivity contribution in [3.63, 3.8) is 0 Å². The van der Waals surface area contributed by atoms with Crippen LogP contribution in [0.3, 0.4) is 0 Å². The number of piperazine rings is 1. The van der Waals surface area contributed by atoms with E-state index in [9.17, 15) is 18.0 Å². The lowest BCUT2D eigenvalue weighted by molar-refractivity contribution is -0.141. The molecule has 5 nitrogen and oxygen atoms in total. The van der Waals surface area contributed by atoms with Gasteiger partial charge in [-0.15, -0.1) is 0 Å². The van der Waals surface area contributed by atoms with Gasteiger partial charge < -0.3 is 10.0 Å². The van der Waals surface area contributed by atoms with Gasteiger partial charge in [-0.25, -0.2) is 9.78 Å². The van der Waals surface area contributed by atoms with Crippen LogP contribution in [-0.2, 0) is 6.18 Å². The van der Waals surface area contributed by atoms with Gasteiger partial charge in [-0.2, -0.15) is 13.2 Å². The van der Waals surface area contributed by atoms with Gasteiger partial charge in [0.05, 0.1) is 24.0 Å². The summed E-state index contributed by atoms with van der Waals surface area (Å²) >= 11 is 0. The third kappa shape index (κ3) is 3.20. The second-order valence-corrected chi connectivity index (χ2v) is 5.19. The molecule has 0 bridgehead atoms. The van der Waals surface area contributed by atoms with Crippen molar-refractivity contribution in [2.75, 3.05) is 18.0 Å². The Morgan fingerprint density at radius 2 is 1.86 bits per heavy atom. The normalized spacial score (nSPS) is 23.3. The molecule has 1 aliphatic heterocycles. The number of rotatable bonds is 1. The number of pyridine rings is 1. The third-order valence-corrected chi connectivity index (χ3v) is 3.54. The van der Waals surface area contributed by atoms with Crippen molar-refractivity contribution in [2.24, 2.45) is 0 Å². The molecule has 1 fully saturated rings. The number of carbonyl (C=O) groups is 1. The average Bonchev–Trinajstić information content (AvgIpc) is 2.36. The molecule has 1 aromatic rings. The fourth-order valence-corrected chi connectivity index (χ4v) is 2.65. The van der Waals surface area contributed by atoms with E-state index in [1.54, 1.807) is 13.8 Å². The van der Waals surface area contributed by atoms with Gasteiger partial charge in [0.1, 0.15) is 5.69 Å². The zero-order valence-corrected chi connectivity index (χ0v) is 11.6. The Morgan fingerprint density at radius 3 is 2.24 bits per heavy atom. The predicted octanol–water partition coefficient (Wildman–Crippen LogP) is 2.68. The van der Waals surface area contributed by atoms with Gasteiger partial charge in [0.25, 0.3) is 0 Å². The Bertz CT molecular complexity index is 506. The van der Waals surface area contributed by atoms with Crippen molar-refractivity contribution >= 4 is 11.8 Å². The van der Waals surface area contributed by atoms with E-state index in [0.29, 0.717) is 18.8 Å². The molecule has 2 atom stereocenters. The van der Waals surface area contributed by atoms with Crippen LogP contribution in [-0.4, -0.2) is 46.3 Å². The summed E-state index contributed by atoms with van der Waals surface area (Å²) in [5.74, 6) is 0. The summed E-state index contributed by atoms with van der Waals surface area (Å²) in [6, 6.07) is 1.82. The Morgan fingerprint density at radius 1 is 1.29 bits per heavy atom. The molecule has 1 amide bonds. The zero-order valence-electron chi connectivity index (χ0n) is 11.6. The first-order chi connectivity index (χ1) is 9.70. The van der Waals surface area contributed by atoms with Crippen molar-refractivity contribution in [1.29, 1.82) is 0 Å². The molecule has 0 spiro atoms. The number of anilines is 1. The highest BCUT2D eigenvalue weighted by molar-refractivity contribution is 5.66. The number of hydrogen-bond acceptors (Lipinski definition) is 3. The van der Waals surface area contributed by atoms with E-state index in [4.69, 9.17) is 5.11 Å². The van der Waals surface area contributed by atoms with Crippen molar-refractivity contribution in [1.82, 2.24) is 9.88 Å². The van der Waals surface area contributed by atoms with Crippen molar-refractivity contribution in [3.8, 4) is 0 Å². The summed E-state index contributed by atoms with van der Waals surface area (Å²) in [7, 11) is 0. The van der Waals surface area contributed by atoms with E-state index in [2.05, 4.69) is 4.98 Å². The molecule has 21 heavy (non-hydrogen) atoms. The topological polar surface area (TPSA) is 56.7 Å². The van der Waals surface area contributed by atoms with Gasteiger partial charge in [-0.1, -0.05) is 0 Å². The average molecular weight is 303 g/mol. The van der Waals surface area contributed by atoms with Crippen LogP contribution in [0.2, 0.25) is 0 Å². The molecule has 1 N–H and O–H groups in total. The molecular weight excluding hydrogens is 287 g/mol. The third-order valence-electron chi connectivity index (χ3n) is 3.54. The first-order valence-corrected chi connectivity index (χ1v) is 6.49. The Hall–Kier alpha value is -1.99. The highest BCUT2D eigenvalue weighted by Crippen LogP contribution is 2.29. The summed E-state index contributed by atoms with van der Waals surface area (Å²) in [5.41, 5.74) is -0.372. The van der Waals surface area contributed by atoms with Crippen LogP contribution in [0, 0.1) is 0 Å². The fourth-order valence-electron chi connectivity index (χ4n) is 2.65. The van der Waals surface area contributed by atoms with Crippen LogP contribution in [0.1, 0.15) is 19.5 Å². The van der Waals surface area contributed by atoms with Gasteiger partial charge in [-0.3, -0.25) is 4.90 Å². The zero-order chi connectivity index (χ0) is 15.8. The van der Waals surface area contributed by atoms with Gasteiger partial charge in [0.2, 0.25) is 0 Å². The minimum absolute atomic E-state index is 0.242. The monoisotopic (exact) mass is 303 g/mol. The van der Waals surface area contributed by atoms with Crippen molar-refractivity contribution in [3.05, 3.63) is 24.0 Å². The molecule has 1 saturated heterocycles. The lowest BCUT2D eigenvalue weighted by Gasteiger charge is -2.43. The number of alkyl halides is 3. The maximum absolute atomic E-state index is 12.5. The molecule has 0 aliphatic carbocycles. The summed E-state index contributed by atoms with van der Waals surface area (Å²) in [5, 5.41) is 9.13. The molecule has 2 heterocycles. The van der Waals surface area contributed by atoms with Crippen molar-refractivity contribution < 1.29 is 23.1 Å². The Kier molecular flexibility index (Phi) is 3.97. The van der Waals surface area contributed by atoms with Crippen LogP contribution in [0.4, 0.5) is 23.7 Å². The quantitative estimate of drug-likeness (QED) is 0.866. The maximum Gasteiger partial charge on any atom is 0.433 e. The number of hydrogen-bond donors (Lipinski definition) is 1. The summed E-state index contributed by atoms with van der Waals surface area (Å²) in [4.78, 5) is 17.8. The lowest BCUT2D eigenvalue weighted by Crippen LogP contribution is -2.58. The maximum atomic E-state index is 12.5. The van der Waals surface area contributed by atoms with Crippen LogP contribution in [0.5, 0.6) is 0 Å². The van der Waals surface area contributed by atoms with E-state index >= 15 is 0 Å². The molecular formula is C13H16F3N3O2. The smallest absolute Gasteiger partial charge is 0.433 e. The van der Waals surface area contributed by atoms with E-state index in [0.717, 1.165) is 6.07 Å². The van der Waals surface area contributed by atoms with E-state index in [1.807, 2.05) is 4.90 Å². The number of carboxylic acid groups (broad SMARTS) is 1. The second-order valence-electron chi connectivity index (χ2n) is 5.19. The number of amides is 1. The van der Waals surface area contributed by atoms with Crippen molar-refractivity contribution in [2.45, 2.75) is 32.1 Å². The Balaban J connectivity index is 2.15. The van der Waals surface area contributed by atoms with E-state index in [1.165, 1.54) is 17.2 Å². The minimum atomic E-state index is -4.46. The largest absolute Gasteiger partial charge is 0.465 e. The first-order valence-electron chi connectivity index (χ1n) is 6.49. The van der Waals surface area contributed by atoms with Crippen LogP contribution in [0.25, 0.3) is 0 Å². The second kappa shape index (κ2) is 5.42. The van der Waals surface area contributed by atoms with Gasteiger partial charge >= 0.3 is 12.3 Å². The molecule has 8 heteroatoms. The lowest BCUT2D eigenvalue weighted by atomic mass is 10.1. The molecule has 1 aliphatic rings. The van der Waals surface area contributed by atoms with E-state index in [-0.39, 0.29) is 12.1 Å². The van der Waals surface area contributed by atoms with Gasteiger partial charge in [0.15, 0.2) is 0 Å². The van der Waals surface area contributed by atoms with Gasteiger partial charge in [0, 0.05) is 13.1 Å². The van der Waals surface area contributed by atoms with Crippen LogP contribution >= 0.6 is 0 Å². The van der Waals surface area contributed by atoms with Crippen LogP contribution < -0.4 is 4.90 Å². The number of nitrogens with zero attached hydrogens (tertiary/aromatic N) is 3. The van der Waals surface area contributed by atoms with E-state index < -0.39 is 18.0 Å². The summed E-state index contributed by atoms with van der Waals surface area (Å²) in [6.07, 6.45) is -4.26. The number of aromatic nitrogens is 1. The number of halogens is 3. The predicted molar refractivity (Wildman–Crippen MR) is 70.2 cm³/mol. The summed E-state index contributed by atoms with van der Waals surface area (Å²) in [6.45, 7) is 4.38. The van der Waals surface area contributed by atoms with Crippen LogP contribution in [0.15, 0.2) is 18.3 Å². The highest BCUT2D eigenvalue weighted by atomic mass is 19.4. The van der Waals surface area contributed by atoms with Gasteiger partial charge in [-0.05, 0) is 26.0 Å².